The van der Waals surface area contributed by atoms with Crippen LogP contribution in [0.15, 0.2) is 0 Å². The molecular formula is C13H22N4O. The number of carbonyl (C=O) groups is 1. The molecule has 18 heavy (non-hydrogen) atoms. The van der Waals surface area contributed by atoms with Gasteiger partial charge in [-0.15, -0.1) is 0 Å². The van der Waals surface area contributed by atoms with Crippen molar-refractivity contribution in [2.75, 3.05) is 45.8 Å². The highest BCUT2D eigenvalue weighted by molar-refractivity contribution is 5.73. The first-order valence-corrected chi connectivity index (χ1v) is 6.70. The largest absolute Gasteiger partial charge is 0.340 e. The predicted octanol–water partition coefficient (Wildman–Crippen LogP) is -0.00562. The topological polar surface area (TPSA) is 50.6 Å². The Hall–Kier alpha value is -1.12. The zero-order valence-corrected chi connectivity index (χ0v) is 11.3. The summed E-state index contributed by atoms with van der Waals surface area (Å²) in [5.41, 5.74) is 0. The van der Waals surface area contributed by atoms with E-state index in [1.54, 1.807) is 6.92 Å². The van der Waals surface area contributed by atoms with Crippen LogP contribution in [0.2, 0.25) is 0 Å². The maximum absolute atomic E-state index is 11.3. The lowest BCUT2D eigenvalue weighted by Crippen LogP contribution is -2.53. The molecule has 2 atom stereocenters. The van der Waals surface area contributed by atoms with Gasteiger partial charge in [-0.2, -0.15) is 5.26 Å². The standard InChI is InChI=1S/C13H22N4O/c1-11-9-15(4-3-14)10-13(11)17-7-5-16(6-8-17)12(2)18/h11,13H,4-10H2,1-2H3. The molecule has 2 unspecified atom stereocenters. The van der Waals surface area contributed by atoms with Crippen LogP contribution in [0.5, 0.6) is 0 Å². The molecule has 0 aromatic rings. The molecule has 0 radical (unpaired) electrons. The molecular weight excluding hydrogens is 228 g/mol. The molecule has 1 amide bonds. The summed E-state index contributed by atoms with van der Waals surface area (Å²) in [7, 11) is 0. The lowest BCUT2D eigenvalue weighted by molar-refractivity contribution is -0.130. The normalized spacial score (nSPS) is 30.4. The number of nitriles is 1. The van der Waals surface area contributed by atoms with E-state index in [0.29, 0.717) is 18.5 Å². The van der Waals surface area contributed by atoms with Crippen LogP contribution in [-0.4, -0.2) is 72.5 Å². The molecule has 0 aromatic carbocycles. The van der Waals surface area contributed by atoms with Gasteiger partial charge >= 0.3 is 0 Å². The van der Waals surface area contributed by atoms with E-state index in [2.05, 4.69) is 22.8 Å². The maximum atomic E-state index is 11.3. The zero-order chi connectivity index (χ0) is 13.1. The fourth-order valence-electron chi connectivity index (χ4n) is 3.12. The molecule has 2 heterocycles. The Balaban J connectivity index is 1.86. The molecule has 2 rings (SSSR count). The summed E-state index contributed by atoms with van der Waals surface area (Å²) < 4.78 is 0. The summed E-state index contributed by atoms with van der Waals surface area (Å²) in [6.07, 6.45) is 0. The van der Waals surface area contributed by atoms with Gasteiger partial charge in [0, 0.05) is 52.2 Å². The second-order valence-corrected chi connectivity index (χ2v) is 5.44. The van der Waals surface area contributed by atoms with E-state index in [9.17, 15) is 4.79 Å². The third-order valence-corrected chi connectivity index (χ3v) is 4.17. The van der Waals surface area contributed by atoms with Gasteiger partial charge in [-0.05, 0) is 5.92 Å². The van der Waals surface area contributed by atoms with Gasteiger partial charge in [0.2, 0.25) is 5.91 Å². The van der Waals surface area contributed by atoms with Crippen LogP contribution in [0.4, 0.5) is 0 Å². The minimum Gasteiger partial charge on any atom is -0.340 e. The number of carbonyl (C=O) groups excluding carboxylic acids is 1. The molecule has 0 aliphatic carbocycles. The van der Waals surface area contributed by atoms with Crippen LogP contribution >= 0.6 is 0 Å². The van der Waals surface area contributed by atoms with Gasteiger partial charge in [0.25, 0.3) is 0 Å². The summed E-state index contributed by atoms with van der Waals surface area (Å²) in [4.78, 5) is 17.9. The van der Waals surface area contributed by atoms with Gasteiger partial charge in [-0.1, -0.05) is 6.92 Å². The van der Waals surface area contributed by atoms with E-state index in [1.807, 2.05) is 4.90 Å². The Bertz CT molecular complexity index is 343. The van der Waals surface area contributed by atoms with Crippen molar-refractivity contribution in [3.8, 4) is 6.07 Å². The molecule has 0 spiro atoms. The Morgan fingerprint density at radius 2 is 1.94 bits per heavy atom. The number of amides is 1. The van der Waals surface area contributed by atoms with Gasteiger partial charge in [0.15, 0.2) is 0 Å². The van der Waals surface area contributed by atoms with Gasteiger partial charge in [-0.3, -0.25) is 14.6 Å². The molecule has 100 valence electrons. The van der Waals surface area contributed by atoms with E-state index in [0.717, 1.165) is 39.3 Å². The Morgan fingerprint density at radius 3 is 2.50 bits per heavy atom. The van der Waals surface area contributed by atoms with Crippen molar-refractivity contribution in [3.63, 3.8) is 0 Å². The summed E-state index contributed by atoms with van der Waals surface area (Å²) in [5.74, 6) is 0.794. The molecule has 2 aliphatic rings. The number of rotatable bonds is 2. The molecule has 0 saturated carbocycles. The number of hydrogen-bond acceptors (Lipinski definition) is 4. The first-order chi connectivity index (χ1) is 8.61. The Kier molecular flexibility index (Phi) is 4.20. The molecule has 2 saturated heterocycles. The highest BCUT2D eigenvalue weighted by Crippen LogP contribution is 2.22. The number of piperazine rings is 1. The van der Waals surface area contributed by atoms with E-state index >= 15 is 0 Å². The van der Waals surface area contributed by atoms with Crippen molar-refractivity contribution in [2.45, 2.75) is 19.9 Å². The van der Waals surface area contributed by atoms with E-state index < -0.39 is 0 Å². The molecule has 0 aromatic heterocycles. The van der Waals surface area contributed by atoms with Crippen LogP contribution in [0.25, 0.3) is 0 Å². The minimum atomic E-state index is 0.181. The van der Waals surface area contributed by atoms with Gasteiger partial charge < -0.3 is 4.90 Å². The molecule has 0 N–H and O–H groups in total. The average Bonchev–Trinajstić information content (AvgIpc) is 2.71. The molecule has 5 nitrogen and oxygen atoms in total. The van der Waals surface area contributed by atoms with Gasteiger partial charge in [0.1, 0.15) is 0 Å². The first-order valence-electron chi connectivity index (χ1n) is 6.70. The van der Waals surface area contributed by atoms with Crippen LogP contribution in [0.3, 0.4) is 0 Å². The lowest BCUT2D eigenvalue weighted by atomic mass is 10.0. The van der Waals surface area contributed by atoms with Gasteiger partial charge in [-0.25, -0.2) is 0 Å². The van der Waals surface area contributed by atoms with E-state index in [-0.39, 0.29) is 5.91 Å². The Morgan fingerprint density at radius 1 is 1.28 bits per heavy atom. The van der Waals surface area contributed by atoms with Crippen molar-refractivity contribution >= 4 is 5.91 Å². The second-order valence-electron chi connectivity index (χ2n) is 5.44. The van der Waals surface area contributed by atoms with Crippen molar-refractivity contribution in [3.05, 3.63) is 0 Å². The third-order valence-electron chi connectivity index (χ3n) is 4.17. The van der Waals surface area contributed by atoms with Crippen molar-refractivity contribution in [2.24, 2.45) is 5.92 Å². The average molecular weight is 250 g/mol. The second kappa shape index (κ2) is 5.68. The van der Waals surface area contributed by atoms with Gasteiger partial charge in [0.05, 0.1) is 12.6 Å². The SMILES string of the molecule is CC(=O)N1CCN(C2CN(CC#N)CC2C)CC1. The summed E-state index contributed by atoms with van der Waals surface area (Å²) in [6, 6.07) is 2.78. The maximum Gasteiger partial charge on any atom is 0.219 e. The molecule has 0 bridgehead atoms. The summed E-state index contributed by atoms with van der Waals surface area (Å²) in [5, 5.41) is 8.76. The smallest absolute Gasteiger partial charge is 0.219 e. The number of likely N-dealkylation sites (tertiary alicyclic amines) is 1. The minimum absolute atomic E-state index is 0.181. The van der Waals surface area contributed by atoms with Crippen LogP contribution < -0.4 is 0 Å². The lowest BCUT2D eigenvalue weighted by Gasteiger charge is -2.39. The van der Waals surface area contributed by atoms with Crippen molar-refractivity contribution in [1.29, 1.82) is 5.26 Å². The quantitative estimate of drug-likeness (QED) is 0.647. The van der Waals surface area contributed by atoms with E-state index in [1.165, 1.54) is 0 Å². The Labute approximate surface area is 109 Å². The molecule has 5 heteroatoms. The van der Waals surface area contributed by atoms with Crippen LogP contribution in [0, 0.1) is 17.2 Å². The highest BCUT2D eigenvalue weighted by atomic mass is 16.2. The van der Waals surface area contributed by atoms with Crippen LogP contribution in [-0.2, 0) is 4.79 Å². The third kappa shape index (κ3) is 2.82. The monoisotopic (exact) mass is 250 g/mol. The number of hydrogen-bond donors (Lipinski definition) is 0. The fourth-order valence-corrected chi connectivity index (χ4v) is 3.12. The fraction of sp³-hybridized carbons (Fsp3) is 0.846. The molecule has 2 fully saturated rings. The van der Waals surface area contributed by atoms with Crippen molar-refractivity contribution in [1.82, 2.24) is 14.7 Å². The highest BCUT2D eigenvalue weighted by Gasteiger charge is 2.35. The number of nitrogens with zero attached hydrogens (tertiary/aromatic N) is 4. The van der Waals surface area contributed by atoms with Crippen LogP contribution in [0.1, 0.15) is 13.8 Å². The van der Waals surface area contributed by atoms with E-state index in [4.69, 9.17) is 5.26 Å². The first kappa shape index (κ1) is 13.3. The summed E-state index contributed by atoms with van der Waals surface area (Å²) in [6.45, 7) is 10.1. The zero-order valence-electron chi connectivity index (χ0n) is 11.3. The summed E-state index contributed by atoms with van der Waals surface area (Å²) >= 11 is 0. The predicted molar refractivity (Wildman–Crippen MR) is 68.8 cm³/mol. The molecule has 2 aliphatic heterocycles. The van der Waals surface area contributed by atoms with Crippen molar-refractivity contribution < 1.29 is 4.79 Å².